The van der Waals surface area contributed by atoms with E-state index < -0.39 is 20.1 Å². The van der Waals surface area contributed by atoms with Crippen LogP contribution in [0.1, 0.15) is 0 Å². The smallest absolute Gasteiger partial charge is 0.400 e. The van der Waals surface area contributed by atoms with Gasteiger partial charge in [0.15, 0.2) is 6.61 Å². The molecule has 0 aliphatic rings. The van der Waals surface area contributed by atoms with E-state index in [1.165, 1.54) is 0 Å². The van der Waals surface area contributed by atoms with Gasteiger partial charge in [-0.3, -0.25) is 0 Å². The molecule has 8 heteroatoms. The largest absolute Gasteiger partial charge is 0.662 e. The fraction of sp³-hybridized carbons (Fsp3) is 1.00. The van der Waals surface area contributed by atoms with Gasteiger partial charge in [0.2, 0.25) is 0 Å². The molecule has 0 rings (SSSR count). The molecule has 4 nitrogen and oxygen atoms in total. The van der Waals surface area contributed by atoms with Gasteiger partial charge in [-0.1, -0.05) is 0 Å². The Morgan fingerprint density at radius 2 is 1.80 bits per heavy atom. The Morgan fingerprint density at radius 1 is 1.30 bits per heavy atom. The fourth-order valence-electron chi connectivity index (χ4n) is 0.162. The van der Waals surface area contributed by atoms with Crippen molar-refractivity contribution in [3.8, 4) is 0 Å². The van der Waals surface area contributed by atoms with Gasteiger partial charge in [-0.2, -0.15) is 13.2 Å². The molecule has 0 unspecified atom stereocenters. The molecule has 0 aliphatic carbocycles. The van der Waals surface area contributed by atoms with E-state index in [2.05, 4.69) is 9.69 Å². The molecule has 0 fully saturated rings. The van der Waals surface area contributed by atoms with Crippen molar-refractivity contribution in [1.29, 1.82) is 0 Å². The molecular weight excluding hydrogens is 156 g/mol. The van der Waals surface area contributed by atoms with E-state index in [4.69, 9.17) is 10.0 Å². The zero-order valence-electron chi connectivity index (χ0n) is 4.63. The number of halogens is 3. The van der Waals surface area contributed by atoms with Crippen molar-refractivity contribution in [2.75, 3.05) is 6.61 Å². The first-order chi connectivity index (χ1) is 4.42. The van der Waals surface area contributed by atoms with Crippen LogP contribution in [0.15, 0.2) is 0 Å². The standard InChI is InChI=1S/C2H4BF3O4/c4-2(5,6)1-9-10-3(7)8/h7-8H,1H2. The molecule has 0 saturated carbocycles. The zero-order valence-corrected chi connectivity index (χ0v) is 4.63. The first-order valence-corrected chi connectivity index (χ1v) is 2.13. The SMILES string of the molecule is OB(O)OOCC(F)(F)F. The molecule has 0 spiro atoms. The molecular formula is C2H4BF3O4. The molecule has 0 amide bonds. The van der Waals surface area contributed by atoms with Gasteiger partial charge in [0.05, 0.1) is 0 Å². The fourth-order valence-corrected chi connectivity index (χ4v) is 0.162. The molecule has 0 aromatic heterocycles. The maximum Gasteiger partial charge on any atom is 0.662 e. The predicted molar refractivity (Wildman–Crippen MR) is 23.3 cm³/mol. The first-order valence-electron chi connectivity index (χ1n) is 2.13. The van der Waals surface area contributed by atoms with Crippen LogP contribution in [0.3, 0.4) is 0 Å². The Balaban J connectivity index is 3.21. The Bertz CT molecular complexity index is 93.0. The van der Waals surface area contributed by atoms with Gasteiger partial charge in [0.1, 0.15) is 0 Å². The molecule has 0 aromatic rings. The molecule has 0 bridgehead atoms. The van der Waals surface area contributed by atoms with Gasteiger partial charge in [-0.25, -0.2) is 9.69 Å². The zero-order chi connectivity index (χ0) is 8.20. The van der Waals surface area contributed by atoms with Crippen LogP contribution in [-0.2, 0) is 9.69 Å². The van der Waals surface area contributed by atoms with E-state index in [0.717, 1.165) is 0 Å². The normalized spacial score (nSPS) is 11.7. The van der Waals surface area contributed by atoms with Crippen LogP contribution in [0.2, 0.25) is 0 Å². The maximum atomic E-state index is 11.1. The second-order valence-electron chi connectivity index (χ2n) is 1.30. The topological polar surface area (TPSA) is 58.9 Å². The van der Waals surface area contributed by atoms with Crippen molar-refractivity contribution in [3.05, 3.63) is 0 Å². The minimum Gasteiger partial charge on any atom is -0.400 e. The number of rotatable bonds is 3. The molecule has 0 atom stereocenters. The summed E-state index contributed by atoms with van der Waals surface area (Å²) in [6.45, 7) is -1.68. The van der Waals surface area contributed by atoms with E-state index in [1.54, 1.807) is 0 Å². The van der Waals surface area contributed by atoms with Gasteiger partial charge < -0.3 is 10.0 Å². The van der Waals surface area contributed by atoms with E-state index in [9.17, 15) is 13.2 Å². The van der Waals surface area contributed by atoms with E-state index >= 15 is 0 Å². The summed E-state index contributed by atoms with van der Waals surface area (Å²) in [4.78, 5) is 6.64. The maximum absolute atomic E-state index is 11.1. The highest BCUT2D eigenvalue weighted by atomic mass is 19.4. The second-order valence-corrected chi connectivity index (χ2v) is 1.30. The van der Waals surface area contributed by atoms with Crippen LogP contribution in [0.5, 0.6) is 0 Å². The third-order valence-corrected chi connectivity index (χ3v) is 0.377. The summed E-state index contributed by atoms with van der Waals surface area (Å²) < 4.78 is 33.4. The Kier molecular flexibility index (Phi) is 3.65. The first kappa shape index (κ1) is 9.69. The summed E-state index contributed by atoms with van der Waals surface area (Å²) in [6.07, 6.45) is -4.53. The summed E-state index contributed by atoms with van der Waals surface area (Å²) >= 11 is 0. The van der Waals surface area contributed by atoms with Gasteiger partial charge in [0.25, 0.3) is 0 Å². The molecule has 0 radical (unpaired) electrons. The second kappa shape index (κ2) is 3.76. The Morgan fingerprint density at radius 3 is 2.10 bits per heavy atom. The molecule has 0 aromatic carbocycles. The van der Waals surface area contributed by atoms with Crippen LogP contribution in [0.25, 0.3) is 0 Å². The van der Waals surface area contributed by atoms with Crippen molar-refractivity contribution >= 4 is 7.32 Å². The minimum atomic E-state index is -4.53. The molecule has 0 heterocycles. The quantitative estimate of drug-likeness (QED) is 0.330. The van der Waals surface area contributed by atoms with Crippen molar-refractivity contribution in [1.82, 2.24) is 0 Å². The molecule has 60 valence electrons. The van der Waals surface area contributed by atoms with Crippen LogP contribution < -0.4 is 0 Å². The van der Waals surface area contributed by atoms with Gasteiger partial charge in [0, 0.05) is 0 Å². The lowest BCUT2D eigenvalue weighted by Gasteiger charge is -2.05. The third kappa shape index (κ3) is 7.69. The van der Waals surface area contributed by atoms with E-state index in [0.29, 0.717) is 0 Å². The van der Waals surface area contributed by atoms with Crippen LogP contribution in [0.4, 0.5) is 13.2 Å². The molecule has 0 aliphatic heterocycles. The van der Waals surface area contributed by atoms with E-state index in [-0.39, 0.29) is 0 Å². The Hall–Kier alpha value is -0.305. The van der Waals surface area contributed by atoms with Crippen molar-refractivity contribution < 1.29 is 32.9 Å². The van der Waals surface area contributed by atoms with Crippen LogP contribution >= 0.6 is 0 Å². The van der Waals surface area contributed by atoms with Gasteiger partial charge in [-0.05, 0) is 0 Å². The van der Waals surface area contributed by atoms with Gasteiger partial charge >= 0.3 is 13.5 Å². The monoisotopic (exact) mass is 160 g/mol. The summed E-state index contributed by atoms with van der Waals surface area (Å²) in [5.74, 6) is 0. The summed E-state index contributed by atoms with van der Waals surface area (Å²) in [7, 11) is -2.35. The van der Waals surface area contributed by atoms with Crippen LogP contribution in [0, 0.1) is 0 Å². The lowest BCUT2D eigenvalue weighted by molar-refractivity contribution is -0.298. The minimum absolute atomic E-state index is 1.68. The molecule has 10 heavy (non-hydrogen) atoms. The summed E-state index contributed by atoms with van der Waals surface area (Å²) in [5.41, 5.74) is 0. The highest BCUT2D eigenvalue weighted by Crippen LogP contribution is 2.14. The van der Waals surface area contributed by atoms with E-state index in [1.807, 2.05) is 0 Å². The predicted octanol–water partition coefficient (Wildman–Crippen LogP) is -0.534. The highest BCUT2D eigenvalue weighted by Gasteiger charge is 2.29. The van der Waals surface area contributed by atoms with Gasteiger partial charge in [-0.15, -0.1) is 0 Å². The highest BCUT2D eigenvalue weighted by molar-refractivity contribution is 6.32. The Labute approximate surface area is 54.3 Å². The lowest BCUT2D eigenvalue weighted by atomic mass is 10.3. The van der Waals surface area contributed by atoms with Crippen molar-refractivity contribution in [3.63, 3.8) is 0 Å². The number of hydrogen-bond donors (Lipinski definition) is 2. The third-order valence-electron chi connectivity index (χ3n) is 0.377. The summed E-state index contributed by atoms with van der Waals surface area (Å²) in [6, 6.07) is 0. The molecule has 0 saturated heterocycles. The summed E-state index contributed by atoms with van der Waals surface area (Å²) in [5, 5.41) is 15.6. The van der Waals surface area contributed by atoms with Crippen LogP contribution in [-0.4, -0.2) is 30.2 Å². The molecule has 2 N–H and O–H groups in total. The average Bonchev–Trinajstić information content (AvgIpc) is 1.59. The lowest BCUT2D eigenvalue weighted by Crippen LogP contribution is -2.23. The van der Waals surface area contributed by atoms with Crippen molar-refractivity contribution in [2.24, 2.45) is 0 Å². The number of hydrogen-bond acceptors (Lipinski definition) is 4. The number of alkyl halides is 3. The van der Waals surface area contributed by atoms with Crippen molar-refractivity contribution in [2.45, 2.75) is 6.18 Å². The average molecular weight is 160 g/mol.